The fourth-order valence-electron chi connectivity index (χ4n) is 1.95. The fraction of sp³-hybridized carbons (Fsp3) is 0.286. The molecule has 0 spiro atoms. The molecule has 0 saturated carbocycles. The smallest absolute Gasteiger partial charge is 0.348 e. The van der Waals surface area contributed by atoms with Gasteiger partial charge >= 0.3 is 5.69 Å². The number of nitrogens with zero attached hydrogens (tertiary/aromatic N) is 2. The molecular formula is C14H16BrN3O. The number of anilines is 1. The lowest BCUT2D eigenvalue weighted by molar-refractivity contribution is 0.648. The summed E-state index contributed by atoms with van der Waals surface area (Å²) in [5, 5.41) is 3.30. The molecule has 5 heteroatoms. The van der Waals surface area contributed by atoms with Gasteiger partial charge in [-0.25, -0.2) is 4.79 Å². The second kappa shape index (κ2) is 6.02. The number of halogens is 1. The van der Waals surface area contributed by atoms with E-state index in [1.165, 1.54) is 0 Å². The molecule has 0 aliphatic heterocycles. The van der Waals surface area contributed by atoms with Crippen molar-refractivity contribution < 1.29 is 0 Å². The Labute approximate surface area is 120 Å². The summed E-state index contributed by atoms with van der Waals surface area (Å²) in [6.45, 7) is 5.03. The van der Waals surface area contributed by atoms with E-state index in [4.69, 9.17) is 0 Å². The number of nitrogens with one attached hydrogen (secondary N) is 1. The Kier molecular flexibility index (Phi) is 4.37. The van der Waals surface area contributed by atoms with Crippen LogP contribution in [0.1, 0.15) is 11.4 Å². The predicted octanol–water partition coefficient (Wildman–Crippen LogP) is 2.73. The van der Waals surface area contributed by atoms with Gasteiger partial charge in [-0.2, -0.15) is 4.98 Å². The van der Waals surface area contributed by atoms with Crippen LogP contribution in [0.4, 0.5) is 5.69 Å². The van der Waals surface area contributed by atoms with Crippen molar-refractivity contribution in [3.8, 4) is 0 Å². The van der Waals surface area contributed by atoms with E-state index < -0.39 is 0 Å². The van der Waals surface area contributed by atoms with E-state index in [9.17, 15) is 4.79 Å². The van der Waals surface area contributed by atoms with Crippen molar-refractivity contribution in [1.29, 1.82) is 0 Å². The van der Waals surface area contributed by atoms with E-state index in [2.05, 4.69) is 26.2 Å². The van der Waals surface area contributed by atoms with Crippen molar-refractivity contribution in [1.82, 2.24) is 9.55 Å². The summed E-state index contributed by atoms with van der Waals surface area (Å²) in [5.74, 6) is 0. The SMILES string of the molecule is Cc1cc(C)n(CCNc2ccccc2Br)c(=O)n1. The topological polar surface area (TPSA) is 46.9 Å². The van der Waals surface area contributed by atoms with Gasteiger partial charge in [-0.1, -0.05) is 12.1 Å². The van der Waals surface area contributed by atoms with Gasteiger partial charge in [0.1, 0.15) is 0 Å². The monoisotopic (exact) mass is 321 g/mol. The number of rotatable bonds is 4. The Morgan fingerprint density at radius 2 is 2.05 bits per heavy atom. The highest BCUT2D eigenvalue weighted by atomic mass is 79.9. The molecule has 1 aromatic heterocycles. The summed E-state index contributed by atoms with van der Waals surface area (Å²) in [4.78, 5) is 15.7. The Bertz CT molecular complexity index is 637. The van der Waals surface area contributed by atoms with Crippen LogP contribution in [0.3, 0.4) is 0 Å². The van der Waals surface area contributed by atoms with Gasteiger partial charge in [-0.3, -0.25) is 4.57 Å². The Morgan fingerprint density at radius 1 is 1.32 bits per heavy atom. The van der Waals surface area contributed by atoms with Crippen molar-refractivity contribution in [3.05, 3.63) is 56.7 Å². The van der Waals surface area contributed by atoms with Gasteiger partial charge in [0.15, 0.2) is 0 Å². The normalized spacial score (nSPS) is 10.5. The molecule has 0 fully saturated rings. The predicted molar refractivity (Wildman–Crippen MR) is 80.6 cm³/mol. The van der Waals surface area contributed by atoms with Crippen molar-refractivity contribution in [2.45, 2.75) is 20.4 Å². The molecule has 0 amide bonds. The number of benzene rings is 1. The van der Waals surface area contributed by atoms with Gasteiger partial charge in [-0.15, -0.1) is 0 Å². The summed E-state index contributed by atoms with van der Waals surface area (Å²) in [6, 6.07) is 9.83. The zero-order valence-corrected chi connectivity index (χ0v) is 12.6. The zero-order chi connectivity index (χ0) is 13.8. The van der Waals surface area contributed by atoms with E-state index >= 15 is 0 Å². The van der Waals surface area contributed by atoms with Crippen LogP contribution in [0.5, 0.6) is 0 Å². The standard InChI is InChI=1S/C14H16BrN3O/c1-10-9-11(2)18(14(19)17-10)8-7-16-13-6-4-3-5-12(13)15/h3-6,9,16H,7-8H2,1-2H3. The third-order valence-electron chi connectivity index (χ3n) is 2.87. The Balaban J connectivity index is 2.04. The second-order valence-corrected chi connectivity index (χ2v) is 5.23. The molecule has 1 N–H and O–H groups in total. The molecule has 19 heavy (non-hydrogen) atoms. The second-order valence-electron chi connectivity index (χ2n) is 4.38. The van der Waals surface area contributed by atoms with Crippen LogP contribution in [-0.4, -0.2) is 16.1 Å². The molecule has 4 nitrogen and oxygen atoms in total. The van der Waals surface area contributed by atoms with Crippen LogP contribution in [0.15, 0.2) is 39.6 Å². The average Bonchev–Trinajstić information content (AvgIpc) is 2.34. The number of hydrogen-bond acceptors (Lipinski definition) is 3. The molecule has 100 valence electrons. The first-order valence-corrected chi connectivity index (χ1v) is 6.91. The quantitative estimate of drug-likeness (QED) is 0.941. The summed E-state index contributed by atoms with van der Waals surface area (Å²) < 4.78 is 2.69. The molecule has 0 radical (unpaired) electrons. The van der Waals surface area contributed by atoms with Crippen LogP contribution < -0.4 is 11.0 Å². The van der Waals surface area contributed by atoms with E-state index in [1.807, 2.05) is 44.2 Å². The Hall–Kier alpha value is -1.62. The summed E-state index contributed by atoms with van der Waals surface area (Å²) >= 11 is 3.48. The highest BCUT2D eigenvalue weighted by Gasteiger charge is 2.03. The van der Waals surface area contributed by atoms with Crippen LogP contribution >= 0.6 is 15.9 Å². The molecular weight excluding hydrogens is 306 g/mol. The largest absolute Gasteiger partial charge is 0.382 e. The number of hydrogen-bond donors (Lipinski definition) is 1. The van der Waals surface area contributed by atoms with E-state index in [0.717, 1.165) is 21.5 Å². The van der Waals surface area contributed by atoms with Crippen LogP contribution in [0.25, 0.3) is 0 Å². The van der Waals surface area contributed by atoms with Gasteiger partial charge in [0, 0.05) is 34.6 Å². The maximum Gasteiger partial charge on any atom is 0.348 e. The molecule has 0 aliphatic rings. The first kappa shape index (κ1) is 13.8. The van der Waals surface area contributed by atoms with Crippen LogP contribution in [0, 0.1) is 13.8 Å². The average molecular weight is 322 g/mol. The van der Waals surface area contributed by atoms with Gasteiger partial charge in [-0.05, 0) is 48.0 Å². The lowest BCUT2D eigenvalue weighted by Crippen LogP contribution is -2.28. The highest BCUT2D eigenvalue weighted by Crippen LogP contribution is 2.20. The minimum absolute atomic E-state index is 0.188. The molecule has 2 rings (SSSR count). The minimum Gasteiger partial charge on any atom is -0.382 e. The third kappa shape index (κ3) is 3.44. The molecule has 1 aromatic carbocycles. The van der Waals surface area contributed by atoms with Gasteiger partial charge in [0.2, 0.25) is 0 Å². The van der Waals surface area contributed by atoms with Crippen molar-refractivity contribution in [3.63, 3.8) is 0 Å². The van der Waals surface area contributed by atoms with Gasteiger partial charge < -0.3 is 5.32 Å². The molecule has 1 heterocycles. The molecule has 2 aromatic rings. The number of aromatic nitrogens is 2. The summed E-state index contributed by atoms with van der Waals surface area (Å²) in [7, 11) is 0. The van der Waals surface area contributed by atoms with Crippen LogP contribution in [0.2, 0.25) is 0 Å². The number of aryl methyl sites for hydroxylation is 2. The first-order chi connectivity index (χ1) is 9.08. The van der Waals surface area contributed by atoms with Crippen molar-refractivity contribution in [2.24, 2.45) is 0 Å². The summed E-state index contributed by atoms with van der Waals surface area (Å²) in [5.41, 5.74) is 2.53. The lowest BCUT2D eigenvalue weighted by Gasteiger charge is -2.12. The maximum absolute atomic E-state index is 11.8. The maximum atomic E-state index is 11.8. The van der Waals surface area contributed by atoms with E-state index in [-0.39, 0.29) is 5.69 Å². The lowest BCUT2D eigenvalue weighted by atomic mass is 10.3. The van der Waals surface area contributed by atoms with Crippen molar-refractivity contribution >= 4 is 21.6 Å². The first-order valence-electron chi connectivity index (χ1n) is 6.11. The Morgan fingerprint density at radius 3 is 2.74 bits per heavy atom. The minimum atomic E-state index is -0.188. The molecule has 0 atom stereocenters. The van der Waals surface area contributed by atoms with E-state index in [1.54, 1.807) is 4.57 Å². The zero-order valence-electron chi connectivity index (χ0n) is 11.0. The fourth-order valence-corrected chi connectivity index (χ4v) is 2.38. The van der Waals surface area contributed by atoms with Gasteiger partial charge in [0.05, 0.1) is 0 Å². The van der Waals surface area contributed by atoms with Crippen LogP contribution in [-0.2, 0) is 6.54 Å². The molecule has 0 saturated heterocycles. The molecule has 0 unspecified atom stereocenters. The van der Waals surface area contributed by atoms with Crippen molar-refractivity contribution in [2.75, 3.05) is 11.9 Å². The summed E-state index contributed by atoms with van der Waals surface area (Å²) in [6.07, 6.45) is 0. The molecule has 0 aliphatic carbocycles. The highest BCUT2D eigenvalue weighted by molar-refractivity contribution is 9.10. The van der Waals surface area contributed by atoms with E-state index in [0.29, 0.717) is 13.1 Å². The van der Waals surface area contributed by atoms with Gasteiger partial charge in [0.25, 0.3) is 0 Å². The number of para-hydroxylation sites is 1. The molecule has 0 bridgehead atoms. The third-order valence-corrected chi connectivity index (χ3v) is 3.56.